The minimum Gasteiger partial charge on any atom is -0.508 e. The Hall–Kier alpha value is -4.33. The molecular formula is C31H38N4O9. The van der Waals surface area contributed by atoms with Gasteiger partial charge in [-0.25, -0.2) is 0 Å². The molecule has 1 saturated carbocycles. The fourth-order valence-electron chi connectivity index (χ4n) is 7.23. The van der Waals surface area contributed by atoms with E-state index in [4.69, 9.17) is 10.5 Å². The van der Waals surface area contributed by atoms with E-state index in [-0.39, 0.29) is 47.7 Å². The minimum atomic E-state index is -2.65. The molecule has 2 aromatic rings. The normalized spacial score (nSPS) is 27.9. The summed E-state index contributed by atoms with van der Waals surface area (Å²) in [5, 5.41) is 59.1. The van der Waals surface area contributed by atoms with Crippen LogP contribution in [0.15, 0.2) is 35.6 Å². The van der Waals surface area contributed by atoms with E-state index in [1.165, 1.54) is 13.2 Å². The van der Waals surface area contributed by atoms with Gasteiger partial charge in [0, 0.05) is 43.9 Å². The number of aromatic hydroxyl groups is 2. The lowest BCUT2D eigenvalue weighted by Crippen LogP contribution is -2.71. The number of methoxy groups -OCH3 is 1. The van der Waals surface area contributed by atoms with Gasteiger partial charge >= 0.3 is 0 Å². The van der Waals surface area contributed by atoms with Crippen molar-refractivity contribution in [2.45, 2.75) is 37.1 Å². The summed E-state index contributed by atoms with van der Waals surface area (Å²) >= 11 is 0. The van der Waals surface area contributed by atoms with E-state index < -0.39 is 58.7 Å². The summed E-state index contributed by atoms with van der Waals surface area (Å²) in [5.41, 5.74) is 4.51. The summed E-state index contributed by atoms with van der Waals surface area (Å²) in [6.07, 6.45) is -1.32. The number of hydrogen-bond acceptors (Lipinski definition) is 12. The first-order valence-electron chi connectivity index (χ1n) is 14.2. The zero-order valence-electron chi connectivity index (χ0n) is 25.2. The Kier molecular flexibility index (Phi) is 7.77. The number of fused-ring (bicyclic) bond motifs is 3. The molecule has 8 N–H and O–H groups in total. The Labute approximate surface area is 254 Å². The Bertz CT molecular complexity index is 1590. The van der Waals surface area contributed by atoms with E-state index in [0.717, 1.165) is 0 Å². The van der Waals surface area contributed by atoms with Gasteiger partial charge in [-0.3, -0.25) is 14.4 Å². The van der Waals surface area contributed by atoms with Crippen LogP contribution >= 0.6 is 0 Å². The summed E-state index contributed by atoms with van der Waals surface area (Å²) < 4.78 is 5.08. The number of aliphatic hydroxyl groups is 3. The molecule has 0 spiro atoms. The lowest BCUT2D eigenvalue weighted by atomic mass is 9.56. The highest BCUT2D eigenvalue weighted by atomic mass is 16.5. The number of phenols is 2. The summed E-state index contributed by atoms with van der Waals surface area (Å²) in [5.74, 6) is -7.64. The number of rotatable bonds is 7. The maximum absolute atomic E-state index is 14.2. The van der Waals surface area contributed by atoms with Crippen LogP contribution in [-0.2, 0) is 22.6 Å². The number of anilines is 2. The second-order valence-corrected chi connectivity index (χ2v) is 12.2. The number of phenolic OH excluding ortho intramolecular Hbond substituents is 2. The molecule has 0 heterocycles. The zero-order valence-corrected chi connectivity index (χ0v) is 25.2. The smallest absolute Gasteiger partial charge is 0.230 e. The molecule has 2 aromatic carbocycles. The van der Waals surface area contributed by atoms with Crippen LogP contribution < -0.4 is 20.7 Å². The van der Waals surface area contributed by atoms with Gasteiger partial charge in [0.05, 0.1) is 24.5 Å². The van der Waals surface area contributed by atoms with Crippen LogP contribution in [0.1, 0.15) is 27.9 Å². The lowest BCUT2D eigenvalue weighted by Gasteiger charge is -2.53. The highest BCUT2D eigenvalue weighted by Gasteiger charge is 2.66. The largest absolute Gasteiger partial charge is 0.508 e. The van der Waals surface area contributed by atoms with Gasteiger partial charge in [-0.2, -0.15) is 0 Å². The molecule has 3 unspecified atom stereocenters. The predicted octanol–water partition coefficient (Wildman–Crippen LogP) is 0.678. The molecule has 6 atom stereocenters. The van der Waals surface area contributed by atoms with Crippen LogP contribution in [0.25, 0.3) is 0 Å². The van der Waals surface area contributed by atoms with E-state index in [2.05, 4.69) is 5.32 Å². The van der Waals surface area contributed by atoms with E-state index >= 15 is 0 Å². The maximum Gasteiger partial charge on any atom is 0.230 e. The maximum atomic E-state index is 14.2. The van der Waals surface area contributed by atoms with Crippen molar-refractivity contribution < 1.29 is 44.7 Å². The van der Waals surface area contributed by atoms with Gasteiger partial charge < -0.3 is 51.1 Å². The Balaban J connectivity index is 1.61. The van der Waals surface area contributed by atoms with Gasteiger partial charge in [-0.05, 0) is 62.2 Å². The standard InChI is InChI=1S/C31H38N4O9/c1-34(2)18-11-17(33-12-13-6-7-20(44-5)19(36)8-13)25(37)22-15(18)9-14-10-16-24(35(3)4)27(39)23(30(32)42)29(41)31(16,43)28(40)21(14)26(22)38/h6-8,11,14,16,23-24,27,33,36-37,39-40,43H,9-10,12H2,1-5H3,(H2,32,42)/t14-,16-,23?,24?,27?,31-/m0/s1. The topological polar surface area (TPSA) is 206 Å². The van der Waals surface area contributed by atoms with Crippen molar-refractivity contribution >= 4 is 28.8 Å². The molecule has 0 aromatic heterocycles. The fourth-order valence-corrected chi connectivity index (χ4v) is 7.23. The fraction of sp³-hybridized carbons (Fsp3) is 0.452. The molecule has 1 fully saturated rings. The molecule has 13 heteroatoms. The first-order valence-corrected chi connectivity index (χ1v) is 14.2. The van der Waals surface area contributed by atoms with Crippen molar-refractivity contribution in [1.29, 1.82) is 0 Å². The highest BCUT2D eigenvalue weighted by Crippen LogP contribution is 2.54. The van der Waals surface area contributed by atoms with Gasteiger partial charge in [0.1, 0.15) is 17.4 Å². The number of primary amides is 1. The van der Waals surface area contributed by atoms with E-state index in [0.29, 0.717) is 22.6 Å². The number of ether oxygens (including phenoxy) is 1. The first kappa shape index (κ1) is 31.1. The number of ketones is 2. The Morgan fingerprint density at radius 2 is 1.82 bits per heavy atom. The number of likely N-dealkylation sites (N-methyl/N-ethyl adjacent to an activating group) is 1. The molecule has 3 aliphatic rings. The quantitative estimate of drug-likeness (QED) is 0.171. The number of Topliss-reactive ketones (excluding diaryl/α,β-unsaturated/α-hetero) is 2. The lowest BCUT2D eigenvalue weighted by molar-refractivity contribution is -0.178. The van der Waals surface area contributed by atoms with Crippen LogP contribution in [0.2, 0.25) is 0 Å². The van der Waals surface area contributed by atoms with Crippen molar-refractivity contribution in [3.63, 3.8) is 0 Å². The molecule has 13 nitrogen and oxygen atoms in total. The summed E-state index contributed by atoms with van der Waals surface area (Å²) in [6, 6.07) is 5.58. The van der Waals surface area contributed by atoms with Gasteiger partial charge in [0.25, 0.3) is 0 Å². The molecule has 0 bridgehead atoms. The van der Waals surface area contributed by atoms with Crippen molar-refractivity contribution in [2.24, 2.45) is 23.5 Å². The van der Waals surface area contributed by atoms with Gasteiger partial charge in [-0.15, -0.1) is 0 Å². The third-order valence-electron chi connectivity index (χ3n) is 9.28. The summed E-state index contributed by atoms with van der Waals surface area (Å²) in [4.78, 5) is 43.3. The van der Waals surface area contributed by atoms with Crippen LogP contribution in [-0.4, -0.2) is 101 Å². The molecule has 236 valence electrons. The average molecular weight is 611 g/mol. The van der Waals surface area contributed by atoms with Crippen molar-refractivity contribution in [1.82, 2.24) is 4.90 Å². The number of nitrogens with one attached hydrogen (secondary N) is 1. The highest BCUT2D eigenvalue weighted by molar-refractivity contribution is 6.17. The number of amides is 1. The first-order chi connectivity index (χ1) is 20.6. The number of benzene rings is 2. The molecule has 5 rings (SSSR count). The minimum absolute atomic E-state index is 0.0345. The molecule has 44 heavy (non-hydrogen) atoms. The number of hydrogen-bond donors (Lipinski definition) is 7. The van der Waals surface area contributed by atoms with E-state index in [1.807, 2.05) is 0 Å². The van der Waals surface area contributed by atoms with Crippen molar-refractivity contribution in [3.05, 3.63) is 52.3 Å². The molecule has 0 saturated heterocycles. The molecule has 1 amide bonds. The monoisotopic (exact) mass is 610 g/mol. The van der Waals surface area contributed by atoms with Crippen LogP contribution in [0, 0.1) is 17.8 Å². The Morgan fingerprint density at radius 3 is 2.39 bits per heavy atom. The predicted molar refractivity (Wildman–Crippen MR) is 160 cm³/mol. The van der Waals surface area contributed by atoms with Crippen molar-refractivity contribution in [3.8, 4) is 17.2 Å². The van der Waals surface area contributed by atoms with Crippen LogP contribution in [0.4, 0.5) is 11.4 Å². The van der Waals surface area contributed by atoms with E-state index in [9.17, 15) is 39.9 Å². The van der Waals surface area contributed by atoms with Gasteiger partial charge in [-0.1, -0.05) is 6.07 Å². The molecular weight excluding hydrogens is 572 g/mol. The molecule has 0 aliphatic heterocycles. The summed E-state index contributed by atoms with van der Waals surface area (Å²) in [7, 11) is 8.23. The van der Waals surface area contributed by atoms with E-state index in [1.54, 1.807) is 56.2 Å². The second kappa shape index (κ2) is 11.0. The zero-order chi connectivity index (χ0) is 32.4. The van der Waals surface area contributed by atoms with Crippen LogP contribution in [0.5, 0.6) is 17.2 Å². The Morgan fingerprint density at radius 1 is 1.14 bits per heavy atom. The SMILES string of the molecule is COc1ccc(CNc2cc(N(C)C)c3c(c2O)C(=O)C2=C(O)[C@]4(O)C(=O)C(C(N)=O)C(O)C(N(C)C)[C@@H]4C[C@@H]2C3)cc1O. The molecule has 0 radical (unpaired) electrons. The molecule has 3 aliphatic carbocycles. The number of nitrogens with zero attached hydrogens (tertiary/aromatic N) is 2. The van der Waals surface area contributed by atoms with Crippen LogP contribution in [0.3, 0.4) is 0 Å². The van der Waals surface area contributed by atoms with Crippen molar-refractivity contribution in [2.75, 3.05) is 45.5 Å². The van der Waals surface area contributed by atoms with Gasteiger partial charge in [0.15, 0.2) is 28.7 Å². The number of carbonyl (C=O) groups is 3. The third kappa shape index (κ3) is 4.54. The second-order valence-electron chi connectivity index (χ2n) is 12.2. The van der Waals surface area contributed by atoms with Gasteiger partial charge in [0.2, 0.25) is 5.91 Å². The number of nitrogens with two attached hydrogens (primary N) is 1. The third-order valence-corrected chi connectivity index (χ3v) is 9.28. The summed E-state index contributed by atoms with van der Waals surface area (Å²) in [6.45, 7) is 0.167. The number of aliphatic hydroxyl groups excluding tert-OH is 2. The average Bonchev–Trinajstić information content (AvgIpc) is 2.94. The number of allylic oxidation sites excluding steroid dienone is 1. The number of carbonyl (C=O) groups excluding carboxylic acids is 3.